The monoisotopic (exact) mass is 311 g/mol. The van der Waals surface area contributed by atoms with E-state index in [1.54, 1.807) is 0 Å². The molecule has 2 unspecified atom stereocenters. The summed E-state index contributed by atoms with van der Waals surface area (Å²) in [4.78, 5) is 12.0. The van der Waals surface area contributed by atoms with Gasteiger partial charge in [-0.3, -0.25) is 4.90 Å². The first-order chi connectivity index (χ1) is 9.84. The number of carboxylic acid groups (broad SMARTS) is 1. The smallest absolute Gasteiger partial charge is 0.330 e. The van der Waals surface area contributed by atoms with Gasteiger partial charge in [0.25, 0.3) is 0 Å². The predicted octanol–water partition coefficient (Wildman–Crippen LogP) is 4.34. The fraction of sp³-hybridized carbons (Fsp3) is 0.471. The zero-order valence-electron chi connectivity index (χ0n) is 13.3. The summed E-state index contributed by atoms with van der Waals surface area (Å²) in [7, 11) is 0. The fourth-order valence-electron chi connectivity index (χ4n) is 1.90. The van der Waals surface area contributed by atoms with Gasteiger partial charge in [0, 0.05) is 11.6 Å². The van der Waals surface area contributed by atoms with Crippen LogP contribution in [0, 0.1) is 0 Å². The minimum Gasteiger partial charge on any atom is -0.478 e. The molecule has 1 rings (SSSR count). The molecule has 0 amide bonds. The second-order valence-corrected chi connectivity index (χ2v) is 5.33. The lowest BCUT2D eigenvalue weighted by atomic mass is 10.1. The van der Waals surface area contributed by atoms with Gasteiger partial charge in [-0.15, -0.1) is 11.6 Å². The van der Waals surface area contributed by atoms with E-state index in [1.807, 2.05) is 18.2 Å². The predicted molar refractivity (Wildman–Crippen MR) is 89.9 cm³/mol. The molecule has 0 aromatic heterocycles. The number of aliphatic carboxylic acids is 1. The second-order valence-electron chi connectivity index (χ2n) is 4.86. The Morgan fingerprint density at radius 3 is 2.05 bits per heavy atom. The molecular weight excluding hydrogens is 286 g/mol. The first-order valence-corrected chi connectivity index (χ1v) is 7.60. The summed E-state index contributed by atoms with van der Waals surface area (Å²) in [6.45, 7) is 13.2. The Balaban J connectivity index is 0.000000567. The SMILES string of the molecule is C=C(C)C(=O)O.CCN(CC)C(C)C(Cl)c1ccccc1. The first-order valence-electron chi connectivity index (χ1n) is 7.16. The van der Waals surface area contributed by atoms with E-state index in [0.717, 1.165) is 13.1 Å². The zero-order chi connectivity index (χ0) is 16.4. The maximum absolute atomic E-state index is 9.60. The molecule has 1 aromatic carbocycles. The van der Waals surface area contributed by atoms with E-state index >= 15 is 0 Å². The Labute approximate surface area is 133 Å². The number of hydrogen-bond acceptors (Lipinski definition) is 2. The van der Waals surface area contributed by atoms with E-state index in [4.69, 9.17) is 16.7 Å². The number of halogens is 1. The minimum atomic E-state index is -0.935. The highest BCUT2D eigenvalue weighted by atomic mass is 35.5. The van der Waals surface area contributed by atoms with Gasteiger partial charge >= 0.3 is 5.97 Å². The Bertz CT molecular complexity index is 418. The molecular formula is C17H26ClNO2. The van der Waals surface area contributed by atoms with Crippen molar-refractivity contribution < 1.29 is 9.90 Å². The molecule has 2 atom stereocenters. The van der Waals surface area contributed by atoms with Gasteiger partial charge in [-0.2, -0.15) is 0 Å². The quantitative estimate of drug-likeness (QED) is 0.627. The Morgan fingerprint density at radius 1 is 1.29 bits per heavy atom. The third kappa shape index (κ3) is 7.30. The summed E-state index contributed by atoms with van der Waals surface area (Å²) >= 11 is 6.47. The van der Waals surface area contributed by atoms with Crippen molar-refractivity contribution >= 4 is 17.6 Å². The maximum atomic E-state index is 9.60. The largest absolute Gasteiger partial charge is 0.478 e. The number of rotatable bonds is 6. The van der Waals surface area contributed by atoms with Crippen LogP contribution in [0.5, 0.6) is 0 Å². The van der Waals surface area contributed by atoms with Crippen molar-refractivity contribution in [3.8, 4) is 0 Å². The van der Waals surface area contributed by atoms with E-state index in [2.05, 4.69) is 44.4 Å². The van der Waals surface area contributed by atoms with Gasteiger partial charge in [0.05, 0.1) is 5.38 Å². The Morgan fingerprint density at radius 2 is 1.71 bits per heavy atom. The van der Waals surface area contributed by atoms with Gasteiger partial charge in [-0.1, -0.05) is 50.8 Å². The topological polar surface area (TPSA) is 40.5 Å². The standard InChI is InChI=1S/C13H20ClN.C4H6O2/c1-4-15(5-2)11(3)13(14)12-9-7-6-8-10-12;1-3(2)4(5)6/h6-11,13H,4-5H2,1-3H3;1H2,2H3,(H,5,6). The number of alkyl halides is 1. The van der Waals surface area contributed by atoms with Crippen LogP contribution in [0.2, 0.25) is 0 Å². The number of likely N-dealkylation sites (N-methyl/N-ethyl adjacent to an activating group) is 1. The van der Waals surface area contributed by atoms with Crippen LogP contribution in [0.25, 0.3) is 0 Å². The van der Waals surface area contributed by atoms with Crippen LogP contribution >= 0.6 is 11.6 Å². The molecule has 4 heteroatoms. The van der Waals surface area contributed by atoms with Crippen LogP contribution in [0.3, 0.4) is 0 Å². The fourth-order valence-corrected chi connectivity index (χ4v) is 2.20. The van der Waals surface area contributed by atoms with Gasteiger partial charge < -0.3 is 5.11 Å². The third-order valence-corrected chi connectivity index (χ3v) is 3.91. The number of benzene rings is 1. The van der Waals surface area contributed by atoms with Crippen LogP contribution in [0.4, 0.5) is 0 Å². The van der Waals surface area contributed by atoms with Crippen LogP contribution in [0.15, 0.2) is 42.5 Å². The molecule has 0 aliphatic carbocycles. The maximum Gasteiger partial charge on any atom is 0.330 e. The van der Waals surface area contributed by atoms with Gasteiger partial charge in [0.2, 0.25) is 0 Å². The van der Waals surface area contributed by atoms with E-state index in [-0.39, 0.29) is 11.0 Å². The molecule has 0 radical (unpaired) electrons. The molecule has 0 saturated carbocycles. The average molecular weight is 312 g/mol. The van der Waals surface area contributed by atoms with Crippen LogP contribution in [0.1, 0.15) is 38.6 Å². The lowest BCUT2D eigenvalue weighted by Gasteiger charge is -2.30. The summed E-state index contributed by atoms with van der Waals surface area (Å²) in [6.07, 6.45) is 0. The van der Waals surface area contributed by atoms with E-state index in [9.17, 15) is 4.79 Å². The van der Waals surface area contributed by atoms with Crippen molar-refractivity contribution in [2.24, 2.45) is 0 Å². The average Bonchev–Trinajstić information content (AvgIpc) is 2.49. The minimum absolute atomic E-state index is 0.0751. The highest BCUT2D eigenvalue weighted by Gasteiger charge is 2.20. The van der Waals surface area contributed by atoms with E-state index < -0.39 is 5.97 Å². The first kappa shape index (κ1) is 19.7. The van der Waals surface area contributed by atoms with Crippen molar-refractivity contribution in [1.82, 2.24) is 4.90 Å². The van der Waals surface area contributed by atoms with Crippen LogP contribution in [-0.2, 0) is 4.79 Å². The summed E-state index contributed by atoms with van der Waals surface area (Å²) in [6, 6.07) is 10.7. The lowest BCUT2D eigenvalue weighted by molar-refractivity contribution is -0.132. The molecule has 0 fully saturated rings. The summed E-state index contributed by atoms with van der Waals surface area (Å²) in [5, 5.41) is 7.97. The Hall–Kier alpha value is -1.32. The molecule has 0 bridgehead atoms. The van der Waals surface area contributed by atoms with Crippen molar-refractivity contribution in [3.63, 3.8) is 0 Å². The Kier molecular flexibility index (Phi) is 9.76. The molecule has 21 heavy (non-hydrogen) atoms. The third-order valence-electron chi connectivity index (χ3n) is 3.29. The molecule has 3 nitrogen and oxygen atoms in total. The van der Waals surface area contributed by atoms with E-state index in [0.29, 0.717) is 6.04 Å². The van der Waals surface area contributed by atoms with Crippen molar-refractivity contribution in [2.45, 2.75) is 39.1 Å². The molecule has 1 aromatic rings. The van der Waals surface area contributed by atoms with Crippen molar-refractivity contribution in [1.29, 1.82) is 0 Å². The van der Waals surface area contributed by atoms with Gasteiger partial charge in [0.1, 0.15) is 0 Å². The van der Waals surface area contributed by atoms with E-state index in [1.165, 1.54) is 12.5 Å². The van der Waals surface area contributed by atoms with Crippen LogP contribution < -0.4 is 0 Å². The van der Waals surface area contributed by atoms with Crippen molar-refractivity contribution in [2.75, 3.05) is 13.1 Å². The number of carboxylic acids is 1. The van der Waals surface area contributed by atoms with Crippen molar-refractivity contribution in [3.05, 3.63) is 48.0 Å². The number of hydrogen-bond donors (Lipinski definition) is 1. The van der Waals surface area contributed by atoms with Crippen LogP contribution in [-0.4, -0.2) is 35.1 Å². The van der Waals surface area contributed by atoms with Gasteiger partial charge in [-0.05, 0) is 32.5 Å². The normalized spacial score (nSPS) is 13.0. The van der Waals surface area contributed by atoms with Gasteiger partial charge in [-0.25, -0.2) is 4.79 Å². The molecule has 118 valence electrons. The highest BCUT2D eigenvalue weighted by molar-refractivity contribution is 6.21. The summed E-state index contributed by atoms with van der Waals surface area (Å²) < 4.78 is 0. The highest BCUT2D eigenvalue weighted by Crippen LogP contribution is 2.27. The summed E-state index contributed by atoms with van der Waals surface area (Å²) in [5.41, 5.74) is 1.38. The summed E-state index contributed by atoms with van der Waals surface area (Å²) in [5.74, 6) is -0.935. The zero-order valence-corrected chi connectivity index (χ0v) is 14.1. The lowest BCUT2D eigenvalue weighted by Crippen LogP contribution is -2.35. The molecule has 0 aliphatic rings. The molecule has 0 aliphatic heterocycles. The molecule has 0 heterocycles. The molecule has 0 saturated heterocycles. The number of carbonyl (C=O) groups is 1. The molecule has 1 N–H and O–H groups in total. The molecule has 0 spiro atoms. The second kappa shape index (κ2) is 10.4. The number of nitrogens with zero attached hydrogens (tertiary/aromatic N) is 1. The van der Waals surface area contributed by atoms with Gasteiger partial charge in [0.15, 0.2) is 0 Å².